The van der Waals surface area contributed by atoms with E-state index in [2.05, 4.69) is 64.4 Å². The Morgan fingerprint density at radius 2 is 2.05 bits per heavy atom. The minimum atomic E-state index is 0.434. The van der Waals surface area contributed by atoms with Gasteiger partial charge in [0, 0.05) is 17.1 Å². The maximum absolute atomic E-state index is 3.67. The second-order valence-corrected chi connectivity index (χ2v) is 6.75. The van der Waals surface area contributed by atoms with Crippen molar-refractivity contribution in [1.82, 2.24) is 10.2 Å². The average molecular weight is 339 g/mol. The summed E-state index contributed by atoms with van der Waals surface area (Å²) in [5.74, 6) is 0.984. The molecule has 1 aromatic rings. The summed E-state index contributed by atoms with van der Waals surface area (Å²) in [5, 5.41) is 3.47. The van der Waals surface area contributed by atoms with Crippen molar-refractivity contribution in [3.05, 3.63) is 34.3 Å². The normalized spacial score (nSPS) is 16.6. The molecule has 0 amide bonds. The van der Waals surface area contributed by atoms with Crippen molar-refractivity contribution in [1.29, 1.82) is 0 Å². The van der Waals surface area contributed by atoms with E-state index in [9.17, 15) is 0 Å². The van der Waals surface area contributed by atoms with Gasteiger partial charge in [0.05, 0.1) is 0 Å². The molecule has 2 nitrogen and oxygen atoms in total. The van der Waals surface area contributed by atoms with Crippen LogP contribution < -0.4 is 5.32 Å². The maximum Gasteiger partial charge on any atom is 0.0340 e. The average Bonchev–Trinajstić information content (AvgIpc) is 3.25. The van der Waals surface area contributed by atoms with Crippen LogP contribution in [-0.2, 0) is 0 Å². The molecule has 1 atom stereocenters. The molecule has 0 heterocycles. The molecule has 1 aliphatic rings. The van der Waals surface area contributed by atoms with E-state index in [1.54, 1.807) is 0 Å². The summed E-state index contributed by atoms with van der Waals surface area (Å²) in [5.41, 5.74) is 1.37. The van der Waals surface area contributed by atoms with Crippen LogP contribution in [0, 0.1) is 5.92 Å². The highest BCUT2D eigenvalue weighted by Gasteiger charge is 2.24. The molecule has 0 aliphatic heterocycles. The van der Waals surface area contributed by atoms with Crippen molar-refractivity contribution in [2.75, 3.05) is 26.7 Å². The quantitative estimate of drug-likeness (QED) is 0.725. The zero-order chi connectivity index (χ0) is 14.4. The van der Waals surface area contributed by atoms with Gasteiger partial charge in [-0.05, 0) is 63.4 Å². The second-order valence-electron chi connectivity index (χ2n) is 5.90. The Morgan fingerprint density at radius 1 is 1.30 bits per heavy atom. The van der Waals surface area contributed by atoms with Crippen LogP contribution in [0.1, 0.15) is 44.2 Å². The van der Waals surface area contributed by atoms with E-state index in [-0.39, 0.29) is 0 Å². The fourth-order valence-corrected chi connectivity index (χ4v) is 3.36. The Morgan fingerprint density at radius 3 is 2.65 bits per heavy atom. The molecule has 20 heavy (non-hydrogen) atoms. The summed E-state index contributed by atoms with van der Waals surface area (Å²) in [4.78, 5) is 2.65. The maximum atomic E-state index is 3.67. The van der Waals surface area contributed by atoms with Crippen molar-refractivity contribution in [2.24, 2.45) is 5.92 Å². The molecule has 0 saturated heterocycles. The van der Waals surface area contributed by atoms with Crippen LogP contribution in [0.25, 0.3) is 0 Å². The molecule has 1 fully saturated rings. The fourth-order valence-electron chi connectivity index (χ4n) is 2.80. The Balaban J connectivity index is 1.89. The van der Waals surface area contributed by atoms with E-state index in [0.717, 1.165) is 5.92 Å². The Kier molecular flexibility index (Phi) is 6.53. The number of nitrogens with zero attached hydrogens (tertiary/aromatic N) is 1. The van der Waals surface area contributed by atoms with E-state index < -0.39 is 0 Å². The van der Waals surface area contributed by atoms with Gasteiger partial charge >= 0.3 is 0 Å². The van der Waals surface area contributed by atoms with Gasteiger partial charge in [-0.15, -0.1) is 0 Å². The predicted octanol–water partition coefficient (Wildman–Crippen LogP) is 4.22. The molecule has 1 unspecified atom stereocenters. The zero-order valence-electron chi connectivity index (χ0n) is 12.7. The first-order chi connectivity index (χ1) is 9.74. The minimum Gasteiger partial charge on any atom is -0.313 e. The van der Waals surface area contributed by atoms with Crippen molar-refractivity contribution in [3.8, 4) is 0 Å². The van der Waals surface area contributed by atoms with E-state index in [1.807, 2.05) is 0 Å². The van der Waals surface area contributed by atoms with Crippen LogP contribution >= 0.6 is 15.9 Å². The molecule has 0 spiro atoms. The highest BCUT2D eigenvalue weighted by Crippen LogP contribution is 2.30. The van der Waals surface area contributed by atoms with Crippen LogP contribution in [0.15, 0.2) is 28.7 Å². The zero-order valence-corrected chi connectivity index (χ0v) is 14.3. The first-order valence-electron chi connectivity index (χ1n) is 7.88. The van der Waals surface area contributed by atoms with Gasteiger partial charge in [-0.2, -0.15) is 0 Å². The van der Waals surface area contributed by atoms with E-state index in [1.165, 1.54) is 55.4 Å². The van der Waals surface area contributed by atoms with Crippen molar-refractivity contribution in [2.45, 2.75) is 38.6 Å². The van der Waals surface area contributed by atoms with Crippen LogP contribution in [0.4, 0.5) is 0 Å². The van der Waals surface area contributed by atoms with Gasteiger partial charge in [-0.25, -0.2) is 0 Å². The van der Waals surface area contributed by atoms with Gasteiger partial charge in [0.15, 0.2) is 0 Å². The highest BCUT2D eigenvalue weighted by atomic mass is 79.9. The van der Waals surface area contributed by atoms with Crippen molar-refractivity contribution in [3.63, 3.8) is 0 Å². The van der Waals surface area contributed by atoms with Gasteiger partial charge in [-0.3, -0.25) is 0 Å². The van der Waals surface area contributed by atoms with Crippen LogP contribution in [0.2, 0.25) is 0 Å². The third kappa shape index (κ3) is 4.87. The van der Waals surface area contributed by atoms with Gasteiger partial charge in [-0.1, -0.05) is 41.1 Å². The molecule has 3 heteroatoms. The standard InChI is InChI=1S/C17H27BrN2/c1-3-11-20(13-14-8-9-14)12-10-17(19-2)15-6-4-5-7-16(15)18/h4-7,14,17,19H,3,8-13H2,1-2H3. The number of rotatable bonds is 9. The number of benzene rings is 1. The predicted molar refractivity (Wildman–Crippen MR) is 90.0 cm³/mol. The smallest absolute Gasteiger partial charge is 0.0340 e. The Labute approximate surface area is 132 Å². The van der Waals surface area contributed by atoms with Crippen LogP contribution in [0.3, 0.4) is 0 Å². The fraction of sp³-hybridized carbons (Fsp3) is 0.647. The first kappa shape index (κ1) is 16.0. The molecule has 1 saturated carbocycles. The number of hydrogen-bond donors (Lipinski definition) is 1. The summed E-state index contributed by atoms with van der Waals surface area (Å²) in [6.07, 6.45) is 5.32. The lowest BCUT2D eigenvalue weighted by Gasteiger charge is -2.25. The molecule has 2 rings (SSSR count). The lowest BCUT2D eigenvalue weighted by Crippen LogP contribution is -2.31. The Hall–Kier alpha value is -0.380. The van der Waals surface area contributed by atoms with Crippen molar-refractivity contribution >= 4 is 15.9 Å². The van der Waals surface area contributed by atoms with Gasteiger partial charge in [0.2, 0.25) is 0 Å². The molecule has 0 bridgehead atoms. The molecule has 0 radical (unpaired) electrons. The second kappa shape index (κ2) is 8.16. The van der Waals surface area contributed by atoms with Gasteiger partial charge in [0.25, 0.3) is 0 Å². The summed E-state index contributed by atoms with van der Waals surface area (Å²) >= 11 is 3.67. The van der Waals surface area contributed by atoms with Gasteiger partial charge in [0.1, 0.15) is 0 Å². The summed E-state index contributed by atoms with van der Waals surface area (Å²) in [6, 6.07) is 8.99. The summed E-state index contributed by atoms with van der Waals surface area (Å²) in [7, 11) is 2.06. The minimum absolute atomic E-state index is 0.434. The molecule has 1 aliphatic carbocycles. The van der Waals surface area contributed by atoms with E-state index >= 15 is 0 Å². The SMILES string of the molecule is CCCN(CCC(NC)c1ccccc1Br)CC1CC1. The van der Waals surface area contributed by atoms with E-state index in [4.69, 9.17) is 0 Å². The molecular formula is C17H27BrN2. The third-order valence-corrected chi connectivity index (χ3v) is 4.84. The van der Waals surface area contributed by atoms with E-state index in [0.29, 0.717) is 6.04 Å². The number of nitrogens with one attached hydrogen (secondary N) is 1. The lowest BCUT2D eigenvalue weighted by atomic mass is 10.0. The first-order valence-corrected chi connectivity index (χ1v) is 8.68. The monoisotopic (exact) mass is 338 g/mol. The molecule has 0 aromatic heterocycles. The molecule has 1 aromatic carbocycles. The lowest BCUT2D eigenvalue weighted by molar-refractivity contribution is 0.249. The largest absolute Gasteiger partial charge is 0.313 e. The molecular weight excluding hydrogens is 312 g/mol. The topological polar surface area (TPSA) is 15.3 Å². The van der Waals surface area contributed by atoms with Crippen LogP contribution in [-0.4, -0.2) is 31.6 Å². The van der Waals surface area contributed by atoms with Crippen molar-refractivity contribution < 1.29 is 0 Å². The molecule has 112 valence electrons. The summed E-state index contributed by atoms with van der Waals surface area (Å²) in [6.45, 7) is 6.02. The van der Waals surface area contributed by atoms with Gasteiger partial charge < -0.3 is 10.2 Å². The number of halogens is 1. The number of hydrogen-bond acceptors (Lipinski definition) is 2. The summed E-state index contributed by atoms with van der Waals surface area (Å²) < 4.78 is 1.21. The molecule has 1 N–H and O–H groups in total. The van der Waals surface area contributed by atoms with Crippen LogP contribution in [0.5, 0.6) is 0 Å². The highest BCUT2D eigenvalue weighted by molar-refractivity contribution is 9.10. The Bertz CT molecular complexity index is 404. The third-order valence-electron chi connectivity index (χ3n) is 4.12.